The van der Waals surface area contributed by atoms with Crippen molar-refractivity contribution < 1.29 is 5.11 Å². The molecule has 0 heterocycles. The predicted octanol–water partition coefficient (Wildman–Crippen LogP) is 0.952. The van der Waals surface area contributed by atoms with Gasteiger partial charge in [-0.05, 0) is 18.3 Å². The van der Waals surface area contributed by atoms with Crippen molar-refractivity contribution in [3.05, 3.63) is 12.2 Å². The van der Waals surface area contributed by atoms with E-state index in [-0.39, 0.29) is 6.61 Å². The van der Waals surface area contributed by atoms with Gasteiger partial charge in [-0.1, -0.05) is 18.1 Å². The molecule has 52 valence electrons. The van der Waals surface area contributed by atoms with Gasteiger partial charge in [-0.15, -0.1) is 6.42 Å². The van der Waals surface area contributed by atoms with E-state index in [1.807, 2.05) is 6.08 Å². The minimum atomic E-state index is 0.0998. The Kier molecular flexibility index (Phi) is 6.90. The van der Waals surface area contributed by atoms with Crippen molar-refractivity contribution in [3.63, 3.8) is 0 Å². The average Bonchev–Trinajstić information content (AvgIpc) is 1.97. The van der Waals surface area contributed by atoms with Gasteiger partial charge >= 0.3 is 0 Å². The molecule has 0 atom stereocenters. The van der Waals surface area contributed by atoms with Gasteiger partial charge in [-0.25, -0.2) is 0 Å². The van der Waals surface area contributed by atoms with E-state index in [0.29, 0.717) is 0 Å². The zero-order valence-electron chi connectivity index (χ0n) is 5.80. The minimum Gasteiger partial charge on any atom is -0.392 e. The fraction of sp³-hybridized carbons (Fsp3) is 0.333. The Morgan fingerprint density at radius 1 is 1.40 bits per heavy atom. The summed E-state index contributed by atoms with van der Waals surface area (Å²) in [5, 5.41) is 8.31. The van der Waals surface area contributed by atoms with Gasteiger partial charge in [-0.3, -0.25) is 0 Å². The number of allylic oxidation sites excluding steroid dienone is 1. The average molecular weight is 134 g/mol. The van der Waals surface area contributed by atoms with Crippen molar-refractivity contribution in [2.75, 3.05) is 6.61 Å². The zero-order chi connectivity index (χ0) is 7.66. The molecule has 0 radical (unpaired) electrons. The Labute approximate surface area is 61.8 Å². The molecule has 1 N–H and O–H groups in total. The fourth-order valence-electron chi connectivity index (χ4n) is 0.461. The van der Waals surface area contributed by atoms with E-state index in [0.717, 1.165) is 12.8 Å². The van der Waals surface area contributed by atoms with Gasteiger partial charge < -0.3 is 5.11 Å². The summed E-state index contributed by atoms with van der Waals surface area (Å²) in [7, 11) is 0. The van der Waals surface area contributed by atoms with Crippen LogP contribution in [0, 0.1) is 24.2 Å². The van der Waals surface area contributed by atoms with E-state index in [4.69, 9.17) is 11.5 Å². The van der Waals surface area contributed by atoms with Crippen LogP contribution in [0.15, 0.2) is 12.2 Å². The summed E-state index contributed by atoms with van der Waals surface area (Å²) < 4.78 is 0. The summed E-state index contributed by atoms with van der Waals surface area (Å²) in [5.74, 6) is 7.51. The normalized spacial score (nSPS) is 8.40. The van der Waals surface area contributed by atoms with Gasteiger partial charge in [0.15, 0.2) is 0 Å². The molecule has 0 bridgehead atoms. The number of hydrogen-bond acceptors (Lipinski definition) is 1. The van der Waals surface area contributed by atoms with E-state index in [9.17, 15) is 0 Å². The number of hydrogen-bond donors (Lipinski definition) is 1. The molecule has 0 aliphatic carbocycles. The van der Waals surface area contributed by atoms with Crippen molar-refractivity contribution in [1.82, 2.24) is 0 Å². The molecule has 0 spiro atoms. The van der Waals surface area contributed by atoms with Crippen molar-refractivity contribution in [3.8, 4) is 24.2 Å². The lowest BCUT2D eigenvalue weighted by molar-refractivity contribution is 0.342. The summed E-state index contributed by atoms with van der Waals surface area (Å²) in [6.45, 7) is 0.0998. The Morgan fingerprint density at radius 2 is 2.20 bits per heavy atom. The molecule has 0 amide bonds. The largest absolute Gasteiger partial charge is 0.392 e. The van der Waals surface area contributed by atoms with Crippen molar-refractivity contribution in [2.45, 2.75) is 12.8 Å². The standard InChI is InChI=1S/C9H10O/c1-2-3-4-5-6-7-8-9-10/h1,7-8,10H,5-6,9H2/b8-7+. The van der Waals surface area contributed by atoms with Crippen LogP contribution in [0.2, 0.25) is 0 Å². The molecule has 0 aromatic heterocycles. The van der Waals surface area contributed by atoms with Crippen LogP contribution in [-0.4, -0.2) is 11.7 Å². The van der Waals surface area contributed by atoms with Crippen LogP contribution in [0.25, 0.3) is 0 Å². The highest BCUT2D eigenvalue weighted by Gasteiger charge is 1.73. The molecule has 10 heavy (non-hydrogen) atoms. The first-order valence-electron chi connectivity index (χ1n) is 3.11. The molecule has 0 aliphatic rings. The van der Waals surface area contributed by atoms with Crippen LogP contribution >= 0.6 is 0 Å². The van der Waals surface area contributed by atoms with Gasteiger partial charge in [-0.2, -0.15) is 0 Å². The molecule has 0 aromatic carbocycles. The Hall–Kier alpha value is -1.18. The smallest absolute Gasteiger partial charge is 0.0612 e. The molecule has 0 saturated heterocycles. The third-order valence-electron chi connectivity index (χ3n) is 0.869. The molecule has 0 aromatic rings. The lowest BCUT2D eigenvalue weighted by Crippen LogP contribution is -1.71. The predicted molar refractivity (Wildman–Crippen MR) is 42.1 cm³/mol. The van der Waals surface area contributed by atoms with Gasteiger partial charge in [0, 0.05) is 6.42 Å². The molecular formula is C9H10O. The topological polar surface area (TPSA) is 20.2 Å². The SMILES string of the molecule is C#CC#CCC/C=C/CO. The van der Waals surface area contributed by atoms with E-state index >= 15 is 0 Å². The quantitative estimate of drug-likeness (QED) is 0.346. The summed E-state index contributed by atoms with van der Waals surface area (Å²) in [4.78, 5) is 0. The first-order chi connectivity index (χ1) is 4.91. The highest BCUT2D eigenvalue weighted by atomic mass is 16.2. The summed E-state index contributed by atoms with van der Waals surface area (Å²) in [5.41, 5.74) is 0. The van der Waals surface area contributed by atoms with E-state index < -0.39 is 0 Å². The van der Waals surface area contributed by atoms with Crippen molar-refractivity contribution in [2.24, 2.45) is 0 Å². The second kappa shape index (κ2) is 7.82. The zero-order valence-corrected chi connectivity index (χ0v) is 5.80. The van der Waals surface area contributed by atoms with Crippen LogP contribution < -0.4 is 0 Å². The number of terminal acetylenes is 1. The molecule has 0 fully saturated rings. The van der Waals surface area contributed by atoms with E-state index in [1.165, 1.54) is 0 Å². The van der Waals surface area contributed by atoms with E-state index in [1.54, 1.807) is 6.08 Å². The van der Waals surface area contributed by atoms with Crippen LogP contribution in [-0.2, 0) is 0 Å². The van der Waals surface area contributed by atoms with Crippen LogP contribution in [0.3, 0.4) is 0 Å². The summed E-state index contributed by atoms with van der Waals surface area (Å²) >= 11 is 0. The maximum Gasteiger partial charge on any atom is 0.0612 e. The monoisotopic (exact) mass is 134 g/mol. The molecular weight excluding hydrogens is 124 g/mol. The van der Waals surface area contributed by atoms with Gasteiger partial charge in [0.05, 0.1) is 6.61 Å². The molecule has 1 nitrogen and oxygen atoms in total. The molecule has 0 rings (SSSR count). The molecule has 0 aliphatic heterocycles. The third-order valence-corrected chi connectivity index (χ3v) is 0.869. The second-order valence-electron chi connectivity index (χ2n) is 1.64. The summed E-state index contributed by atoms with van der Waals surface area (Å²) in [6, 6.07) is 0. The third kappa shape index (κ3) is 6.82. The highest BCUT2D eigenvalue weighted by Crippen LogP contribution is 1.87. The number of rotatable bonds is 3. The van der Waals surface area contributed by atoms with Crippen LogP contribution in [0.5, 0.6) is 0 Å². The lowest BCUT2D eigenvalue weighted by Gasteiger charge is -1.80. The minimum absolute atomic E-state index is 0.0998. The molecule has 1 heteroatoms. The number of aliphatic hydroxyl groups excluding tert-OH is 1. The highest BCUT2D eigenvalue weighted by molar-refractivity contribution is 5.21. The Morgan fingerprint density at radius 3 is 2.80 bits per heavy atom. The van der Waals surface area contributed by atoms with Crippen LogP contribution in [0.4, 0.5) is 0 Å². The second-order valence-corrected chi connectivity index (χ2v) is 1.64. The van der Waals surface area contributed by atoms with Crippen molar-refractivity contribution in [1.29, 1.82) is 0 Å². The maximum absolute atomic E-state index is 8.31. The number of unbranched alkanes of at least 4 members (excludes halogenated alkanes) is 1. The van der Waals surface area contributed by atoms with Gasteiger partial charge in [0.1, 0.15) is 0 Å². The lowest BCUT2D eigenvalue weighted by atomic mass is 10.3. The molecule has 0 saturated carbocycles. The van der Waals surface area contributed by atoms with Crippen molar-refractivity contribution >= 4 is 0 Å². The first kappa shape index (κ1) is 8.82. The first-order valence-corrected chi connectivity index (χ1v) is 3.11. The fourth-order valence-corrected chi connectivity index (χ4v) is 0.461. The van der Waals surface area contributed by atoms with E-state index in [2.05, 4.69) is 17.8 Å². The van der Waals surface area contributed by atoms with Gasteiger partial charge in [0.25, 0.3) is 0 Å². The molecule has 0 unspecified atom stereocenters. The maximum atomic E-state index is 8.31. The van der Waals surface area contributed by atoms with Crippen LogP contribution in [0.1, 0.15) is 12.8 Å². The Balaban J connectivity index is 3.22. The number of aliphatic hydroxyl groups is 1. The summed E-state index contributed by atoms with van der Waals surface area (Å²) in [6.07, 6.45) is 10.1. The Bertz CT molecular complexity index is 185. The van der Waals surface area contributed by atoms with Gasteiger partial charge in [0.2, 0.25) is 0 Å².